The van der Waals surface area contributed by atoms with Gasteiger partial charge in [-0.1, -0.05) is 104 Å². The number of hydrogen-bond acceptors (Lipinski definition) is 4. The molecule has 0 heterocycles. The Morgan fingerprint density at radius 1 is 0.619 bits per heavy atom. The van der Waals surface area contributed by atoms with Crippen LogP contribution in [0.5, 0.6) is 0 Å². The van der Waals surface area contributed by atoms with Crippen LogP contribution >= 0.6 is 0 Å². The maximum Gasteiger partial charge on any atom is 0.321 e. The average molecular weight is 585 g/mol. The largest absolute Gasteiger partial charge is 0.358 e. The lowest BCUT2D eigenvalue weighted by atomic mass is 10.0. The number of rotatable bonds is 20. The number of ether oxygens (including phenoxy) is 2. The highest BCUT2D eigenvalue weighted by molar-refractivity contribution is 6.08. The first-order valence-corrected chi connectivity index (χ1v) is 16.3. The molecule has 2 rings (SSSR count). The minimum absolute atomic E-state index is 0.320. The van der Waals surface area contributed by atoms with E-state index in [1.807, 2.05) is 50.2 Å². The van der Waals surface area contributed by atoms with E-state index in [0.29, 0.717) is 49.3 Å². The standard InChI is InChI=1S/C34H56N4O4/c1-7-13-17-25(9-3)23-41-31(11-5)37-33(39)35-29-21-15-20-28-27(29)19-16-22-30(28)36-34(40)38-32(12-6)42-24-26(10-4)18-14-8-2/h15-16,19-22,25-26,31-32H,7-14,17-18,23-24H2,1-6H3,(H2,35,37,39)(H2,36,38,40). The Morgan fingerprint density at radius 2 is 1.02 bits per heavy atom. The highest BCUT2D eigenvalue weighted by atomic mass is 16.5. The van der Waals surface area contributed by atoms with Gasteiger partial charge in [0.05, 0.1) is 24.6 Å². The van der Waals surface area contributed by atoms with Crippen molar-refractivity contribution >= 4 is 34.2 Å². The summed E-state index contributed by atoms with van der Waals surface area (Å²) in [6, 6.07) is 10.7. The maximum absolute atomic E-state index is 12.9. The topological polar surface area (TPSA) is 101 Å². The van der Waals surface area contributed by atoms with Crippen molar-refractivity contribution < 1.29 is 19.1 Å². The predicted octanol–water partition coefficient (Wildman–Crippen LogP) is 9.02. The second-order valence-electron chi connectivity index (χ2n) is 11.2. The first kappa shape index (κ1) is 35.4. The SMILES string of the molecule is CCCCC(CC)COC(CC)NC(=O)Nc1cccc2c(NC(=O)NC(CC)OCC(CC)CCCC)cccc12. The van der Waals surface area contributed by atoms with Crippen molar-refractivity contribution in [3.8, 4) is 0 Å². The minimum Gasteiger partial charge on any atom is -0.358 e. The fourth-order valence-electron chi connectivity index (χ4n) is 4.96. The van der Waals surface area contributed by atoms with Gasteiger partial charge in [0.25, 0.3) is 0 Å². The average Bonchev–Trinajstić information content (AvgIpc) is 3.00. The van der Waals surface area contributed by atoms with Gasteiger partial charge >= 0.3 is 12.1 Å². The molecule has 42 heavy (non-hydrogen) atoms. The quantitative estimate of drug-likeness (QED) is 0.117. The first-order valence-electron chi connectivity index (χ1n) is 16.3. The Bertz CT molecular complexity index is 980. The van der Waals surface area contributed by atoms with Crippen LogP contribution in [0, 0.1) is 11.8 Å². The molecule has 0 fully saturated rings. The van der Waals surface area contributed by atoms with Gasteiger partial charge in [0.2, 0.25) is 0 Å². The molecule has 4 unspecified atom stereocenters. The van der Waals surface area contributed by atoms with Crippen molar-refractivity contribution in [3.05, 3.63) is 36.4 Å². The summed E-state index contributed by atoms with van der Waals surface area (Å²) in [6.07, 6.45) is 9.79. The zero-order valence-corrected chi connectivity index (χ0v) is 26.9. The molecule has 8 heteroatoms. The van der Waals surface area contributed by atoms with Crippen molar-refractivity contribution in [2.24, 2.45) is 11.8 Å². The molecule has 0 radical (unpaired) electrons. The van der Waals surface area contributed by atoms with E-state index in [2.05, 4.69) is 49.0 Å². The van der Waals surface area contributed by atoms with Gasteiger partial charge in [0.1, 0.15) is 12.5 Å². The monoisotopic (exact) mass is 584 g/mol. The number of amides is 4. The number of hydrogen-bond donors (Lipinski definition) is 4. The molecule has 2 aromatic carbocycles. The fraction of sp³-hybridized carbons (Fsp3) is 0.647. The molecule has 0 aliphatic rings. The Labute approximate surface area is 254 Å². The number of carbonyl (C=O) groups is 2. The summed E-state index contributed by atoms with van der Waals surface area (Å²) in [7, 11) is 0. The van der Waals surface area contributed by atoms with Crippen LogP contribution in [-0.2, 0) is 9.47 Å². The van der Waals surface area contributed by atoms with Crippen molar-refractivity contribution in [1.82, 2.24) is 10.6 Å². The molecule has 0 saturated heterocycles. The third kappa shape index (κ3) is 12.2. The first-order chi connectivity index (χ1) is 20.4. The van der Waals surface area contributed by atoms with Crippen LogP contribution < -0.4 is 21.3 Å². The van der Waals surface area contributed by atoms with Crippen LogP contribution in [0.25, 0.3) is 10.8 Å². The Morgan fingerprint density at radius 3 is 1.36 bits per heavy atom. The number of urea groups is 2. The number of fused-ring (bicyclic) bond motifs is 1. The molecule has 2 aromatic rings. The fourth-order valence-corrected chi connectivity index (χ4v) is 4.96. The van der Waals surface area contributed by atoms with E-state index in [1.165, 1.54) is 25.7 Å². The van der Waals surface area contributed by atoms with E-state index >= 15 is 0 Å². The normalized spacial score (nSPS) is 14.1. The van der Waals surface area contributed by atoms with E-state index in [9.17, 15) is 9.59 Å². The molecule has 0 aromatic heterocycles. The van der Waals surface area contributed by atoms with Crippen molar-refractivity contribution in [1.29, 1.82) is 0 Å². The smallest absolute Gasteiger partial charge is 0.321 e. The Kier molecular flexibility index (Phi) is 16.9. The summed E-state index contributed by atoms with van der Waals surface area (Å²) in [5.41, 5.74) is 1.32. The molecule has 0 aliphatic carbocycles. The summed E-state index contributed by atoms with van der Waals surface area (Å²) >= 11 is 0. The highest BCUT2D eigenvalue weighted by Crippen LogP contribution is 2.29. The molecule has 0 aliphatic heterocycles. The van der Waals surface area contributed by atoms with Crippen molar-refractivity contribution in [2.75, 3.05) is 23.8 Å². The number of benzene rings is 2. The predicted molar refractivity (Wildman–Crippen MR) is 175 cm³/mol. The molecule has 0 spiro atoms. The van der Waals surface area contributed by atoms with Crippen LogP contribution in [0.4, 0.5) is 21.0 Å². The zero-order valence-electron chi connectivity index (χ0n) is 26.9. The molecule has 4 amide bonds. The van der Waals surface area contributed by atoms with Crippen molar-refractivity contribution in [2.45, 2.75) is 118 Å². The van der Waals surface area contributed by atoms with Gasteiger partial charge in [-0.15, -0.1) is 0 Å². The minimum atomic E-state index is -0.357. The van der Waals surface area contributed by atoms with Gasteiger partial charge < -0.3 is 30.7 Å². The maximum atomic E-state index is 12.9. The molecule has 8 nitrogen and oxygen atoms in total. The molecule has 0 saturated carbocycles. The van der Waals surface area contributed by atoms with Gasteiger partial charge in [0, 0.05) is 10.8 Å². The highest BCUT2D eigenvalue weighted by Gasteiger charge is 2.17. The van der Waals surface area contributed by atoms with Crippen LogP contribution in [-0.4, -0.2) is 37.7 Å². The second kappa shape index (κ2) is 20.1. The van der Waals surface area contributed by atoms with Gasteiger partial charge in [-0.25, -0.2) is 9.59 Å². The molecule has 0 bridgehead atoms. The van der Waals surface area contributed by atoms with E-state index in [0.717, 1.165) is 36.5 Å². The van der Waals surface area contributed by atoms with Crippen LogP contribution in [0.1, 0.15) is 106 Å². The van der Waals surface area contributed by atoms with Gasteiger partial charge in [0.15, 0.2) is 0 Å². The van der Waals surface area contributed by atoms with Crippen LogP contribution in [0.3, 0.4) is 0 Å². The Hall–Kier alpha value is -2.84. The van der Waals surface area contributed by atoms with Crippen molar-refractivity contribution in [3.63, 3.8) is 0 Å². The van der Waals surface area contributed by atoms with E-state index in [4.69, 9.17) is 9.47 Å². The summed E-state index contributed by atoms with van der Waals surface area (Å²) in [5.74, 6) is 1.01. The summed E-state index contributed by atoms with van der Waals surface area (Å²) < 4.78 is 12.1. The number of unbranched alkanes of at least 4 members (excludes halogenated alkanes) is 2. The lowest BCUT2D eigenvalue weighted by molar-refractivity contribution is 0.0113. The number of nitrogens with one attached hydrogen (secondary N) is 4. The summed E-state index contributed by atoms with van der Waals surface area (Å²) in [6.45, 7) is 14.1. The molecule has 4 atom stereocenters. The van der Waals surface area contributed by atoms with Gasteiger partial charge in [-0.05, 0) is 49.7 Å². The third-order valence-corrected chi connectivity index (χ3v) is 7.90. The van der Waals surface area contributed by atoms with Gasteiger partial charge in [-0.3, -0.25) is 0 Å². The Balaban J connectivity index is 2.01. The zero-order chi connectivity index (χ0) is 30.7. The second-order valence-corrected chi connectivity index (χ2v) is 11.2. The summed E-state index contributed by atoms with van der Waals surface area (Å²) in [4.78, 5) is 25.8. The molecular weight excluding hydrogens is 528 g/mol. The van der Waals surface area contributed by atoms with E-state index < -0.39 is 0 Å². The van der Waals surface area contributed by atoms with Crippen LogP contribution in [0.2, 0.25) is 0 Å². The summed E-state index contributed by atoms with van der Waals surface area (Å²) in [5, 5.41) is 13.5. The lowest BCUT2D eigenvalue weighted by Crippen LogP contribution is -2.40. The third-order valence-electron chi connectivity index (χ3n) is 7.90. The molecule has 236 valence electrons. The van der Waals surface area contributed by atoms with E-state index in [1.54, 1.807) is 0 Å². The number of carbonyl (C=O) groups excluding carboxylic acids is 2. The lowest BCUT2D eigenvalue weighted by Gasteiger charge is -2.22. The van der Waals surface area contributed by atoms with Crippen LogP contribution in [0.15, 0.2) is 36.4 Å². The number of anilines is 2. The molecule has 4 N–H and O–H groups in total. The van der Waals surface area contributed by atoms with Gasteiger partial charge in [-0.2, -0.15) is 0 Å². The molecular formula is C34H56N4O4. The van der Waals surface area contributed by atoms with E-state index in [-0.39, 0.29) is 24.5 Å².